The number of carbonyl (C=O) groups is 3. The van der Waals surface area contributed by atoms with Crippen molar-refractivity contribution in [3.63, 3.8) is 0 Å². The summed E-state index contributed by atoms with van der Waals surface area (Å²) >= 11 is 0. The highest BCUT2D eigenvalue weighted by molar-refractivity contribution is 5.98. The molecular formula is C21H28N4O3. The number of carbonyl (C=O) groups excluding carboxylic acids is 3. The summed E-state index contributed by atoms with van der Waals surface area (Å²) in [7, 11) is 0. The number of hydrogen-bond donors (Lipinski definition) is 1. The number of piperazine rings is 1. The van der Waals surface area contributed by atoms with Crippen LogP contribution in [0.4, 0.5) is 0 Å². The first kappa shape index (κ1) is 20.0. The lowest BCUT2D eigenvalue weighted by Crippen LogP contribution is -2.50. The fourth-order valence-electron chi connectivity index (χ4n) is 3.65. The van der Waals surface area contributed by atoms with Crippen LogP contribution >= 0.6 is 0 Å². The lowest BCUT2D eigenvalue weighted by Gasteiger charge is -2.34. The van der Waals surface area contributed by atoms with E-state index in [9.17, 15) is 14.4 Å². The number of nitrogens with zero attached hydrogens (tertiary/aromatic N) is 3. The van der Waals surface area contributed by atoms with Crippen LogP contribution in [0.25, 0.3) is 0 Å². The van der Waals surface area contributed by atoms with Crippen LogP contribution in [-0.2, 0) is 4.79 Å². The molecule has 1 N–H and O–H groups in total. The van der Waals surface area contributed by atoms with E-state index in [1.165, 1.54) is 31.5 Å². The van der Waals surface area contributed by atoms with Gasteiger partial charge in [0.25, 0.3) is 11.8 Å². The summed E-state index contributed by atoms with van der Waals surface area (Å²) in [5, 5.41) is 2.90. The maximum atomic E-state index is 12.7. The van der Waals surface area contributed by atoms with Crippen molar-refractivity contribution in [3.8, 4) is 0 Å². The van der Waals surface area contributed by atoms with Crippen molar-refractivity contribution in [2.24, 2.45) is 0 Å². The minimum Gasteiger partial charge on any atom is -0.350 e. The van der Waals surface area contributed by atoms with Gasteiger partial charge in [0.2, 0.25) is 5.91 Å². The molecule has 7 heteroatoms. The van der Waals surface area contributed by atoms with Gasteiger partial charge in [-0.2, -0.15) is 0 Å². The summed E-state index contributed by atoms with van der Waals surface area (Å²) in [5.41, 5.74) is 2.12. The van der Waals surface area contributed by atoms with E-state index in [0.717, 1.165) is 19.3 Å². The Balaban J connectivity index is 1.54. The smallest absolute Gasteiger partial charge is 0.269 e. The molecule has 0 spiro atoms. The topological polar surface area (TPSA) is 82.6 Å². The zero-order valence-corrected chi connectivity index (χ0v) is 16.4. The molecule has 3 rings (SSSR count). The molecule has 1 aromatic rings. The molecule has 1 aliphatic carbocycles. The normalized spacial score (nSPS) is 17.1. The van der Waals surface area contributed by atoms with Crippen LogP contribution in [0.3, 0.4) is 0 Å². The Hall–Kier alpha value is -2.70. The van der Waals surface area contributed by atoms with E-state index < -0.39 is 0 Å². The van der Waals surface area contributed by atoms with Crippen molar-refractivity contribution in [1.82, 2.24) is 20.1 Å². The van der Waals surface area contributed by atoms with E-state index in [1.54, 1.807) is 21.9 Å². The van der Waals surface area contributed by atoms with Crippen molar-refractivity contribution in [1.29, 1.82) is 0 Å². The van der Waals surface area contributed by atoms with Gasteiger partial charge in [-0.05, 0) is 44.2 Å². The second kappa shape index (κ2) is 9.48. The van der Waals surface area contributed by atoms with Gasteiger partial charge in [0.05, 0.1) is 0 Å². The Morgan fingerprint density at radius 2 is 1.86 bits per heavy atom. The van der Waals surface area contributed by atoms with Crippen molar-refractivity contribution >= 4 is 17.7 Å². The zero-order valence-electron chi connectivity index (χ0n) is 16.4. The van der Waals surface area contributed by atoms with Gasteiger partial charge in [-0.3, -0.25) is 19.4 Å². The number of amides is 3. The molecule has 0 aromatic carbocycles. The molecule has 2 aliphatic rings. The SMILES string of the molecule is CC(=O)N1CCN(C(=O)c2ccnc(C(=O)NCCC3=CCCCC3)c2)CC1. The summed E-state index contributed by atoms with van der Waals surface area (Å²) in [5.74, 6) is -0.363. The van der Waals surface area contributed by atoms with Crippen LogP contribution in [0.2, 0.25) is 0 Å². The van der Waals surface area contributed by atoms with Gasteiger partial charge < -0.3 is 15.1 Å². The predicted octanol–water partition coefficient (Wildman–Crippen LogP) is 2.01. The Morgan fingerprint density at radius 3 is 2.54 bits per heavy atom. The van der Waals surface area contributed by atoms with E-state index in [1.807, 2.05) is 0 Å². The average molecular weight is 384 g/mol. The second-order valence-electron chi connectivity index (χ2n) is 7.34. The number of allylic oxidation sites excluding steroid dienone is 1. The molecular weight excluding hydrogens is 356 g/mol. The molecule has 28 heavy (non-hydrogen) atoms. The Bertz CT molecular complexity index is 767. The molecule has 2 heterocycles. The van der Waals surface area contributed by atoms with Crippen LogP contribution < -0.4 is 5.32 Å². The maximum absolute atomic E-state index is 12.7. The summed E-state index contributed by atoms with van der Waals surface area (Å²) in [6.45, 7) is 4.19. The van der Waals surface area contributed by atoms with Crippen molar-refractivity contribution in [3.05, 3.63) is 41.2 Å². The van der Waals surface area contributed by atoms with Crippen molar-refractivity contribution in [2.45, 2.75) is 39.0 Å². The van der Waals surface area contributed by atoms with Gasteiger partial charge in [0.15, 0.2) is 0 Å². The highest BCUT2D eigenvalue weighted by Crippen LogP contribution is 2.19. The van der Waals surface area contributed by atoms with E-state index in [4.69, 9.17) is 0 Å². The molecule has 1 aromatic heterocycles. The van der Waals surface area contributed by atoms with Crippen LogP contribution in [0, 0.1) is 0 Å². The third kappa shape index (κ3) is 5.18. The maximum Gasteiger partial charge on any atom is 0.269 e. The molecule has 0 unspecified atom stereocenters. The molecule has 1 aliphatic heterocycles. The summed E-state index contributed by atoms with van der Waals surface area (Å²) in [6, 6.07) is 3.18. The van der Waals surface area contributed by atoms with E-state index in [-0.39, 0.29) is 23.4 Å². The second-order valence-corrected chi connectivity index (χ2v) is 7.34. The summed E-state index contributed by atoms with van der Waals surface area (Å²) in [6.07, 6.45) is 9.38. The zero-order chi connectivity index (χ0) is 19.9. The van der Waals surface area contributed by atoms with Gasteiger partial charge >= 0.3 is 0 Å². The molecule has 0 saturated carbocycles. The van der Waals surface area contributed by atoms with Gasteiger partial charge in [-0.15, -0.1) is 0 Å². The molecule has 0 radical (unpaired) electrons. The van der Waals surface area contributed by atoms with Crippen molar-refractivity contribution < 1.29 is 14.4 Å². The first-order chi connectivity index (χ1) is 13.5. The molecule has 150 valence electrons. The van der Waals surface area contributed by atoms with Gasteiger partial charge in [0.1, 0.15) is 5.69 Å². The lowest BCUT2D eigenvalue weighted by atomic mass is 9.97. The fourth-order valence-corrected chi connectivity index (χ4v) is 3.65. The fraction of sp³-hybridized carbons (Fsp3) is 0.524. The molecule has 0 bridgehead atoms. The van der Waals surface area contributed by atoms with E-state index in [2.05, 4.69) is 16.4 Å². The third-order valence-electron chi connectivity index (χ3n) is 5.37. The predicted molar refractivity (Wildman–Crippen MR) is 106 cm³/mol. The number of nitrogens with one attached hydrogen (secondary N) is 1. The Labute approximate surface area is 165 Å². The Morgan fingerprint density at radius 1 is 1.11 bits per heavy atom. The van der Waals surface area contributed by atoms with E-state index >= 15 is 0 Å². The number of rotatable bonds is 5. The largest absolute Gasteiger partial charge is 0.350 e. The quantitative estimate of drug-likeness (QED) is 0.787. The van der Waals surface area contributed by atoms with Gasteiger partial charge in [-0.1, -0.05) is 11.6 Å². The molecule has 1 saturated heterocycles. The molecule has 0 atom stereocenters. The first-order valence-electron chi connectivity index (χ1n) is 10.0. The van der Waals surface area contributed by atoms with Crippen molar-refractivity contribution in [2.75, 3.05) is 32.7 Å². The number of pyridine rings is 1. The molecule has 3 amide bonds. The van der Waals surface area contributed by atoms with Crippen LogP contribution in [-0.4, -0.2) is 65.2 Å². The molecule has 1 fully saturated rings. The lowest BCUT2D eigenvalue weighted by molar-refractivity contribution is -0.130. The summed E-state index contributed by atoms with van der Waals surface area (Å²) in [4.78, 5) is 44.1. The number of aromatic nitrogens is 1. The van der Waals surface area contributed by atoms with E-state index in [0.29, 0.717) is 38.3 Å². The number of hydrogen-bond acceptors (Lipinski definition) is 4. The third-order valence-corrected chi connectivity index (χ3v) is 5.37. The first-order valence-corrected chi connectivity index (χ1v) is 10.0. The average Bonchev–Trinajstić information content (AvgIpc) is 2.74. The van der Waals surface area contributed by atoms with Crippen LogP contribution in [0.1, 0.15) is 59.9 Å². The monoisotopic (exact) mass is 384 g/mol. The molecule has 7 nitrogen and oxygen atoms in total. The standard InChI is InChI=1S/C21H28N4O3/c1-16(26)24-11-13-25(14-12-24)21(28)18-8-10-22-19(15-18)20(27)23-9-7-17-5-3-2-4-6-17/h5,8,10,15H,2-4,6-7,9,11-14H2,1H3,(H,23,27). The van der Waals surface area contributed by atoms with Crippen LogP contribution in [0.5, 0.6) is 0 Å². The van der Waals surface area contributed by atoms with Crippen LogP contribution in [0.15, 0.2) is 30.0 Å². The minimum absolute atomic E-state index is 0.0268. The minimum atomic E-state index is -0.257. The highest BCUT2D eigenvalue weighted by Gasteiger charge is 2.24. The Kier molecular flexibility index (Phi) is 6.79. The van der Waals surface area contributed by atoms with Gasteiger partial charge in [-0.25, -0.2) is 0 Å². The summed E-state index contributed by atoms with van der Waals surface area (Å²) < 4.78 is 0. The van der Waals surface area contributed by atoms with Gasteiger partial charge in [0, 0.05) is 51.4 Å². The highest BCUT2D eigenvalue weighted by atomic mass is 16.2.